The molecule has 0 saturated heterocycles. The number of hydrogen-bond acceptors (Lipinski definition) is 5. The van der Waals surface area contributed by atoms with Crippen molar-refractivity contribution in [1.82, 2.24) is 4.90 Å². The predicted octanol–water partition coefficient (Wildman–Crippen LogP) is 2.79. The lowest BCUT2D eigenvalue weighted by Crippen LogP contribution is -2.34. The second-order valence-corrected chi connectivity index (χ2v) is 6.40. The number of amides is 1. The highest BCUT2D eigenvalue weighted by Crippen LogP contribution is 2.48. The van der Waals surface area contributed by atoms with Crippen LogP contribution in [-0.2, 0) is 16.1 Å². The quantitative estimate of drug-likeness (QED) is 0.774. The molecule has 0 unspecified atom stereocenters. The van der Waals surface area contributed by atoms with E-state index in [0.29, 0.717) is 19.7 Å². The lowest BCUT2D eigenvalue weighted by atomic mass is 10.1. The maximum atomic E-state index is 12.9. The maximum Gasteiger partial charge on any atom is 0.231 e. The fourth-order valence-corrected chi connectivity index (χ4v) is 3.25. The number of nitrogens with zero attached hydrogens (tertiary/aromatic N) is 1. The van der Waals surface area contributed by atoms with Gasteiger partial charge >= 0.3 is 0 Å². The van der Waals surface area contributed by atoms with E-state index < -0.39 is 0 Å². The molecule has 2 heterocycles. The Morgan fingerprint density at radius 3 is 2.96 bits per heavy atom. The topological polar surface area (TPSA) is 61.1 Å². The zero-order chi connectivity index (χ0) is 17.2. The lowest BCUT2D eigenvalue weighted by Gasteiger charge is -2.23. The van der Waals surface area contributed by atoms with E-state index in [-0.39, 0.29) is 24.5 Å². The molecule has 2 aromatic rings. The van der Waals surface area contributed by atoms with Crippen molar-refractivity contribution in [2.24, 2.45) is 5.92 Å². The number of carbonyl (C=O) groups excluding carboxylic acids is 1. The normalized spacial score (nSPS) is 20.5. The summed E-state index contributed by atoms with van der Waals surface area (Å²) in [5.74, 6) is 2.72. The molecule has 1 amide bonds. The van der Waals surface area contributed by atoms with Crippen molar-refractivity contribution >= 4 is 5.91 Å². The summed E-state index contributed by atoms with van der Waals surface area (Å²) in [6.07, 6.45) is 2.50. The van der Waals surface area contributed by atoms with Crippen LogP contribution in [0.2, 0.25) is 0 Å². The van der Waals surface area contributed by atoms with Crippen molar-refractivity contribution in [3.63, 3.8) is 0 Å². The molecule has 0 radical (unpaired) electrons. The maximum absolute atomic E-state index is 12.9. The number of ether oxygens (including phenoxy) is 3. The minimum atomic E-state index is -0.00276. The summed E-state index contributed by atoms with van der Waals surface area (Å²) < 4.78 is 21.4. The molecule has 0 spiro atoms. The molecule has 25 heavy (non-hydrogen) atoms. The van der Waals surface area contributed by atoms with Gasteiger partial charge in [0, 0.05) is 32.0 Å². The van der Waals surface area contributed by atoms with Crippen molar-refractivity contribution in [2.45, 2.75) is 18.9 Å². The van der Waals surface area contributed by atoms with Crippen LogP contribution in [-0.4, -0.2) is 37.9 Å². The molecule has 4 rings (SSSR count). The second kappa shape index (κ2) is 6.80. The van der Waals surface area contributed by atoms with Crippen LogP contribution in [0.1, 0.15) is 23.7 Å². The number of rotatable bonds is 7. The van der Waals surface area contributed by atoms with E-state index >= 15 is 0 Å². The molecule has 1 fully saturated rings. The van der Waals surface area contributed by atoms with E-state index in [9.17, 15) is 4.79 Å². The molecule has 132 valence electrons. The number of furan rings is 1. The van der Waals surface area contributed by atoms with Gasteiger partial charge in [-0.25, -0.2) is 0 Å². The summed E-state index contributed by atoms with van der Waals surface area (Å²) in [4.78, 5) is 14.8. The van der Waals surface area contributed by atoms with E-state index in [0.717, 1.165) is 29.2 Å². The highest BCUT2D eigenvalue weighted by atomic mass is 16.7. The third-order valence-corrected chi connectivity index (χ3v) is 4.70. The van der Waals surface area contributed by atoms with Crippen LogP contribution in [0, 0.1) is 5.92 Å². The number of benzene rings is 1. The molecule has 2 atom stereocenters. The Kier molecular flexibility index (Phi) is 4.36. The average Bonchev–Trinajstić information content (AvgIpc) is 3.03. The summed E-state index contributed by atoms with van der Waals surface area (Å²) >= 11 is 0. The Balaban J connectivity index is 1.45. The smallest absolute Gasteiger partial charge is 0.231 e. The minimum absolute atomic E-state index is 0.00276. The van der Waals surface area contributed by atoms with Crippen LogP contribution in [0.3, 0.4) is 0 Å². The Hall–Kier alpha value is -2.47. The van der Waals surface area contributed by atoms with Crippen molar-refractivity contribution < 1.29 is 23.4 Å². The fraction of sp³-hybridized carbons (Fsp3) is 0.421. The van der Waals surface area contributed by atoms with Gasteiger partial charge < -0.3 is 23.5 Å². The average molecular weight is 343 g/mol. The van der Waals surface area contributed by atoms with E-state index in [1.165, 1.54) is 0 Å². The number of fused-ring (bicyclic) bond motifs is 1. The number of carbonyl (C=O) groups is 1. The standard InChI is InChI=1S/C19H21NO5/c1-22-8-6-20(11-13-4-5-17-18(9-13)25-12-24-17)19(21)15-10-14(15)16-3-2-7-23-16/h2-5,7,9,14-15H,6,8,10-12H2,1H3/t14-,15+/m1/s1. The lowest BCUT2D eigenvalue weighted by molar-refractivity contribution is -0.134. The van der Waals surface area contributed by atoms with Gasteiger partial charge in [0.25, 0.3) is 0 Å². The zero-order valence-corrected chi connectivity index (χ0v) is 14.1. The molecule has 0 bridgehead atoms. The summed E-state index contributed by atoms with van der Waals surface area (Å²) in [7, 11) is 1.64. The van der Waals surface area contributed by atoms with Crippen molar-refractivity contribution in [3.05, 3.63) is 47.9 Å². The van der Waals surface area contributed by atoms with E-state index in [1.54, 1.807) is 13.4 Å². The van der Waals surface area contributed by atoms with Crippen LogP contribution in [0.5, 0.6) is 11.5 Å². The first-order valence-corrected chi connectivity index (χ1v) is 8.46. The molecule has 1 saturated carbocycles. The van der Waals surface area contributed by atoms with E-state index in [1.807, 2.05) is 35.2 Å². The Bertz CT molecular complexity index is 742. The molecule has 6 nitrogen and oxygen atoms in total. The molecular weight excluding hydrogens is 322 g/mol. The Morgan fingerprint density at radius 1 is 1.28 bits per heavy atom. The number of methoxy groups -OCH3 is 1. The first kappa shape index (κ1) is 16.0. The van der Waals surface area contributed by atoms with Crippen LogP contribution >= 0.6 is 0 Å². The Labute approximate surface area is 146 Å². The molecular formula is C19H21NO5. The van der Waals surface area contributed by atoms with Gasteiger partial charge in [0.15, 0.2) is 11.5 Å². The van der Waals surface area contributed by atoms with Crippen LogP contribution in [0.25, 0.3) is 0 Å². The summed E-state index contributed by atoms with van der Waals surface area (Å²) in [5, 5.41) is 0. The summed E-state index contributed by atoms with van der Waals surface area (Å²) in [5.41, 5.74) is 1.02. The third kappa shape index (κ3) is 3.35. The van der Waals surface area contributed by atoms with Crippen molar-refractivity contribution in [2.75, 3.05) is 27.1 Å². The minimum Gasteiger partial charge on any atom is -0.469 e. The summed E-state index contributed by atoms with van der Waals surface area (Å²) in [6, 6.07) is 9.60. The van der Waals surface area contributed by atoms with Crippen LogP contribution in [0.15, 0.2) is 41.0 Å². The van der Waals surface area contributed by atoms with Gasteiger partial charge in [-0.15, -0.1) is 0 Å². The van der Waals surface area contributed by atoms with Gasteiger partial charge in [-0.05, 0) is 36.2 Å². The third-order valence-electron chi connectivity index (χ3n) is 4.70. The molecule has 1 aromatic heterocycles. The molecule has 0 N–H and O–H groups in total. The molecule has 6 heteroatoms. The van der Waals surface area contributed by atoms with Crippen molar-refractivity contribution in [1.29, 1.82) is 0 Å². The molecule has 2 aliphatic rings. The molecule has 1 aliphatic heterocycles. The van der Waals surface area contributed by atoms with Crippen LogP contribution < -0.4 is 9.47 Å². The SMILES string of the molecule is COCCN(Cc1ccc2c(c1)OCO2)C(=O)[C@H]1C[C@H]1c1ccco1. The largest absolute Gasteiger partial charge is 0.469 e. The zero-order valence-electron chi connectivity index (χ0n) is 14.1. The van der Waals surface area contributed by atoms with Crippen LogP contribution in [0.4, 0.5) is 0 Å². The number of hydrogen-bond donors (Lipinski definition) is 0. The Morgan fingerprint density at radius 2 is 2.16 bits per heavy atom. The first-order chi connectivity index (χ1) is 12.3. The van der Waals surface area contributed by atoms with Gasteiger partial charge in [-0.1, -0.05) is 6.07 Å². The van der Waals surface area contributed by atoms with Gasteiger partial charge in [-0.2, -0.15) is 0 Å². The highest BCUT2D eigenvalue weighted by molar-refractivity contribution is 5.82. The predicted molar refractivity (Wildman–Crippen MR) is 89.4 cm³/mol. The molecule has 1 aliphatic carbocycles. The van der Waals surface area contributed by atoms with E-state index in [2.05, 4.69) is 0 Å². The van der Waals surface area contributed by atoms with Crippen molar-refractivity contribution in [3.8, 4) is 11.5 Å². The first-order valence-electron chi connectivity index (χ1n) is 8.46. The van der Waals surface area contributed by atoms with Gasteiger partial charge in [0.05, 0.1) is 12.9 Å². The van der Waals surface area contributed by atoms with Gasteiger partial charge in [0.1, 0.15) is 5.76 Å². The summed E-state index contributed by atoms with van der Waals surface area (Å²) in [6.45, 7) is 1.85. The molecule has 1 aromatic carbocycles. The van der Waals surface area contributed by atoms with Gasteiger partial charge in [0.2, 0.25) is 12.7 Å². The fourth-order valence-electron chi connectivity index (χ4n) is 3.25. The monoisotopic (exact) mass is 343 g/mol. The second-order valence-electron chi connectivity index (χ2n) is 6.40. The highest BCUT2D eigenvalue weighted by Gasteiger charge is 2.47. The van der Waals surface area contributed by atoms with Gasteiger partial charge in [-0.3, -0.25) is 4.79 Å². The van der Waals surface area contributed by atoms with E-state index in [4.69, 9.17) is 18.6 Å².